The molecule has 0 spiro atoms. The van der Waals surface area contributed by atoms with Crippen LogP contribution in [-0.4, -0.2) is 44.2 Å². The number of benzene rings is 1. The number of halogens is 1. The van der Waals surface area contributed by atoms with Crippen molar-refractivity contribution in [3.05, 3.63) is 28.8 Å². The molecule has 0 aliphatic carbocycles. The van der Waals surface area contributed by atoms with Gasteiger partial charge >= 0.3 is 0 Å². The Morgan fingerprint density at radius 3 is 2.79 bits per heavy atom. The van der Waals surface area contributed by atoms with E-state index >= 15 is 0 Å². The number of aliphatic hydroxyl groups is 1. The minimum atomic E-state index is -0.556. The van der Waals surface area contributed by atoms with Gasteiger partial charge in [0, 0.05) is 23.9 Å². The summed E-state index contributed by atoms with van der Waals surface area (Å²) in [6, 6.07) is 5.65. The van der Waals surface area contributed by atoms with Crippen LogP contribution in [0, 0.1) is 6.92 Å². The van der Waals surface area contributed by atoms with Gasteiger partial charge in [-0.25, -0.2) is 0 Å². The third-order valence-corrected chi connectivity index (χ3v) is 3.09. The summed E-state index contributed by atoms with van der Waals surface area (Å²) in [5, 5.41) is 13.6. The smallest absolute Gasteiger partial charge is 0.0945 e. The highest BCUT2D eigenvalue weighted by molar-refractivity contribution is 6.31. The lowest BCUT2D eigenvalue weighted by atomic mass is 10.2. The highest BCUT2D eigenvalue weighted by atomic mass is 35.5. The minimum Gasteiger partial charge on any atom is -0.389 e. The number of hydrogen-bond acceptors (Lipinski definition) is 4. The maximum absolute atomic E-state index is 9.77. The highest BCUT2D eigenvalue weighted by Gasteiger charge is 2.06. The molecule has 0 aromatic heterocycles. The number of aliphatic hydroxyl groups excluding tert-OH is 1. The van der Waals surface area contributed by atoms with E-state index in [2.05, 4.69) is 5.32 Å². The molecule has 0 fully saturated rings. The van der Waals surface area contributed by atoms with Crippen LogP contribution in [0.2, 0.25) is 5.02 Å². The van der Waals surface area contributed by atoms with Gasteiger partial charge in [0.05, 0.1) is 25.9 Å². The molecule has 5 heteroatoms. The summed E-state index contributed by atoms with van der Waals surface area (Å²) < 4.78 is 10.4. The summed E-state index contributed by atoms with van der Waals surface area (Å²) in [6.45, 7) is 6.34. The highest BCUT2D eigenvalue weighted by Crippen LogP contribution is 2.22. The van der Waals surface area contributed by atoms with Crippen molar-refractivity contribution in [3.8, 4) is 0 Å². The zero-order valence-electron chi connectivity index (χ0n) is 11.5. The monoisotopic (exact) mass is 287 g/mol. The van der Waals surface area contributed by atoms with Crippen molar-refractivity contribution in [1.82, 2.24) is 0 Å². The van der Waals surface area contributed by atoms with Crippen molar-refractivity contribution in [1.29, 1.82) is 0 Å². The molecule has 1 atom stereocenters. The molecule has 1 unspecified atom stereocenters. The van der Waals surface area contributed by atoms with Crippen molar-refractivity contribution in [2.75, 3.05) is 38.3 Å². The number of hydrogen-bond donors (Lipinski definition) is 2. The van der Waals surface area contributed by atoms with Crippen LogP contribution in [0.5, 0.6) is 0 Å². The van der Waals surface area contributed by atoms with Gasteiger partial charge in [-0.15, -0.1) is 0 Å². The van der Waals surface area contributed by atoms with Crippen LogP contribution in [0.3, 0.4) is 0 Å². The van der Waals surface area contributed by atoms with Gasteiger partial charge in [0.1, 0.15) is 0 Å². The van der Waals surface area contributed by atoms with Crippen molar-refractivity contribution < 1.29 is 14.6 Å². The minimum absolute atomic E-state index is 0.291. The van der Waals surface area contributed by atoms with E-state index in [9.17, 15) is 5.11 Å². The van der Waals surface area contributed by atoms with E-state index in [0.717, 1.165) is 11.3 Å². The predicted octanol–water partition coefficient (Wildman–Crippen LogP) is 2.47. The zero-order chi connectivity index (χ0) is 14.1. The van der Waals surface area contributed by atoms with Crippen LogP contribution in [0.15, 0.2) is 18.2 Å². The predicted molar refractivity (Wildman–Crippen MR) is 78.0 cm³/mol. The Morgan fingerprint density at radius 2 is 2.05 bits per heavy atom. The van der Waals surface area contributed by atoms with Crippen molar-refractivity contribution in [2.24, 2.45) is 0 Å². The molecule has 1 rings (SSSR count). The van der Waals surface area contributed by atoms with E-state index in [1.165, 1.54) is 0 Å². The summed E-state index contributed by atoms with van der Waals surface area (Å²) in [5.74, 6) is 0. The first-order valence-electron chi connectivity index (χ1n) is 6.47. The zero-order valence-corrected chi connectivity index (χ0v) is 12.2. The molecular weight excluding hydrogens is 266 g/mol. The standard InChI is InChI=1S/C14H22ClNO3/c1-3-18-7-8-19-10-12(17)9-16-14-6-4-5-13(15)11(14)2/h4-6,12,16-17H,3,7-10H2,1-2H3. The van der Waals surface area contributed by atoms with Gasteiger partial charge in [-0.3, -0.25) is 0 Å². The molecule has 4 nitrogen and oxygen atoms in total. The van der Waals surface area contributed by atoms with Crippen LogP contribution < -0.4 is 5.32 Å². The number of rotatable bonds is 9. The lowest BCUT2D eigenvalue weighted by molar-refractivity contribution is 0.0103. The maximum atomic E-state index is 9.77. The second-order valence-corrected chi connectivity index (χ2v) is 4.63. The molecule has 0 aliphatic heterocycles. The first kappa shape index (κ1) is 16.2. The largest absolute Gasteiger partial charge is 0.389 e. The molecule has 0 radical (unpaired) electrons. The van der Waals surface area contributed by atoms with Gasteiger partial charge in [-0.2, -0.15) is 0 Å². The lowest BCUT2D eigenvalue weighted by Gasteiger charge is -2.15. The fourth-order valence-corrected chi connectivity index (χ4v) is 1.74. The molecule has 0 saturated heterocycles. The van der Waals surface area contributed by atoms with Crippen LogP contribution in [0.1, 0.15) is 12.5 Å². The van der Waals surface area contributed by atoms with E-state index in [1.807, 2.05) is 32.0 Å². The maximum Gasteiger partial charge on any atom is 0.0945 e. The summed E-state index contributed by atoms with van der Waals surface area (Å²) in [4.78, 5) is 0. The Kier molecular flexibility index (Phi) is 7.82. The Balaban J connectivity index is 2.22. The van der Waals surface area contributed by atoms with Gasteiger partial charge in [0.15, 0.2) is 0 Å². The Morgan fingerprint density at radius 1 is 1.32 bits per heavy atom. The number of anilines is 1. The van der Waals surface area contributed by atoms with Crippen molar-refractivity contribution in [2.45, 2.75) is 20.0 Å². The third-order valence-electron chi connectivity index (χ3n) is 2.68. The molecule has 1 aromatic carbocycles. The Bertz CT molecular complexity index is 374. The van der Waals surface area contributed by atoms with Gasteiger partial charge in [-0.05, 0) is 31.5 Å². The average Bonchev–Trinajstić information content (AvgIpc) is 2.40. The van der Waals surface area contributed by atoms with E-state index < -0.39 is 6.10 Å². The molecule has 108 valence electrons. The van der Waals surface area contributed by atoms with Crippen molar-refractivity contribution >= 4 is 17.3 Å². The molecule has 0 amide bonds. The van der Waals surface area contributed by atoms with Gasteiger partial charge in [0.25, 0.3) is 0 Å². The molecule has 0 heterocycles. The fourth-order valence-electron chi connectivity index (χ4n) is 1.57. The summed E-state index contributed by atoms with van der Waals surface area (Å²) in [6.07, 6.45) is -0.556. The second-order valence-electron chi connectivity index (χ2n) is 4.22. The van der Waals surface area contributed by atoms with Crippen LogP contribution in [0.4, 0.5) is 5.69 Å². The molecule has 1 aromatic rings. The van der Waals surface area contributed by atoms with Crippen LogP contribution in [-0.2, 0) is 9.47 Å². The van der Waals surface area contributed by atoms with E-state index in [0.29, 0.717) is 38.0 Å². The van der Waals surface area contributed by atoms with E-state index in [4.69, 9.17) is 21.1 Å². The van der Waals surface area contributed by atoms with E-state index in [1.54, 1.807) is 0 Å². The van der Waals surface area contributed by atoms with Gasteiger partial charge in [-0.1, -0.05) is 17.7 Å². The molecular formula is C14H22ClNO3. The van der Waals surface area contributed by atoms with Crippen molar-refractivity contribution in [3.63, 3.8) is 0 Å². The summed E-state index contributed by atoms with van der Waals surface area (Å²) >= 11 is 6.02. The van der Waals surface area contributed by atoms with Gasteiger partial charge in [0.2, 0.25) is 0 Å². The fraction of sp³-hybridized carbons (Fsp3) is 0.571. The Hall–Kier alpha value is -0.810. The first-order chi connectivity index (χ1) is 9.15. The molecule has 0 bridgehead atoms. The van der Waals surface area contributed by atoms with Crippen LogP contribution >= 0.6 is 11.6 Å². The topological polar surface area (TPSA) is 50.7 Å². The van der Waals surface area contributed by atoms with E-state index in [-0.39, 0.29) is 0 Å². The first-order valence-corrected chi connectivity index (χ1v) is 6.85. The summed E-state index contributed by atoms with van der Waals surface area (Å²) in [7, 11) is 0. The number of nitrogens with one attached hydrogen (secondary N) is 1. The normalized spacial score (nSPS) is 12.4. The molecule has 2 N–H and O–H groups in total. The molecule has 0 saturated carbocycles. The SMILES string of the molecule is CCOCCOCC(O)CNc1cccc(Cl)c1C. The molecule has 0 aliphatic rings. The van der Waals surface area contributed by atoms with Gasteiger partial charge < -0.3 is 19.9 Å². The number of ether oxygens (including phenoxy) is 2. The lowest BCUT2D eigenvalue weighted by Crippen LogP contribution is -2.25. The average molecular weight is 288 g/mol. The Labute approximate surface area is 119 Å². The quantitative estimate of drug-likeness (QED) is 0.685. The summed E-state index contributed by atoms with van der Waals surface area (Å²) in [5.41, 5.74) is 1.91. The third kappa shape index (κ3) is 6.25. The second kappa shape index (κ2) is 9.15. The molecule has 19 heavy (non-hydrogen) atoms. The van der Waals surface area contributed by atoms with Crippen LogP contribution in [0.25, 0.3) is 0 Å².